The summed E-state index contributed by atoms with van der Waals surface area (Å²) in [4.78, 5) is 24.5. The van der Waals surface area contributed by atoms with E-state index in [2.05, 4.69) is 5.32 Å². The van der Waals surface area contributed by atoms with Gasteiger partial charge in [0.2, 0.25) is 10.0 Å². The highest BCUT2D eigenvalue weighted by atomic mass is 32.2. The minimum absolute atomic E-state index is 0.154. The van der Waals surface area contributed by atoms with Crippen LogP contribution in [-0.2, 0) is 24.3 Å². The van der Waals surface area contributed by atoms with E-state index in [1.807, 2.05) is 0 Å². The molecule has 0 aromatic heterocycles. The molecule has 1 aliphatic rings. The summed E-state index contributed by atoms with van der Waals surface area (Å²) in [7, 11) is -2.04. The van der Waals surface area contributed by atoms with Crippen molar-refractivity contribution in [3.8, 4) is 11.8 Å². The van der Waals surface area contributed by atoms with Gasteiger partial charge in [-0.15, -0.1) is 0 Å². The van der Waals surface area contributed by atoms with Crippen LogP contribution < -0.4 is 10.1 Å². The molecule has 3 rings (SSSR count). The predicted octanol–water partition coefficient (Wildman–Crippen LogP) is 2.96. The lowest BCUT2D eigenvalue weighted by Gasteiger charge is -2.25. The van der Waals surface area contributed by atoms with Crippen molar-refractivity contribution in [1.82, 2.24) is 4.31 Å². The Kier molecular flexibility index (Phi) is 8.40. The SMILES string of the molecule is COc1ccc(/C=C(\C#N)C(=O)OCC(=O)Nc2ccc(S(=O)(=O)N3CCCCC3)cc2)cc1. The summed E-state index contributed by atoms with van der Waals surface area (Å²) in [6, 6.07) is 14.3. The van der Waals surface area contributed by atoms with E-state index in [0.717, 1.165) is 19.3 Å². The van der Waals surface area contributed by atoms with Gasteiger partial charge >= 0.3 is 5.97 Å². The van der Waals surface area contributed by atoms with E-state index in [1.54, 1.807) is 30.3 Å². The number of piperidine rings is 1. The minimum Gasteiger partial charge on any atom is -0.497 e. The summed E-state index contributed by atoms with van der Waals surface area (Å²) in [6.07, 6.45) is 4.06. The van der Waals surface area contributed by atoms with Crippen molar-refractivity contribution in [3.05, 3.63) is 59.7 Å². The molecule has 1 N–H and O–H groups in total. The molecule has 1 aliphatic heterocycles. The molecule has 1 heterocycles. The van der Waals surface area contributed by atoms with E-state index >= 15 is 0 Å². The predicted molar refractivity (Wildman–Crippen MR) is 125 cm³/mol. The van der Waals surface area contributed by atoms with Gasteiger partial charge in [0, 0.05) is 18.8 Å². The molecule has 1 saturated heterocycles. The largest absolute Gasteiger partial charge is 0.497 e. The minimum atomic E-state index is -3.56. The number of methoxy groups -OCH3 is 1. The molecule has 2 aromatic rings. The number of sulfonamides is 1. The number of nitrogens with one attached hydrogen (secondary N) is 1. The van der Waals surface area contributed by atoms with Gasteiger partial charge in [-0.05, 0) is 60.9 Å². The number of rotatable bonds is 8. The molecule has 0 atom stereocenters. The first-order valence-electron chi connectivity index (χ1n) is 10.7. The number of nitrogens with zero attached hydrogens (tertiary/aromatic N) is 2. The maximum Gasteiger partial charge on any atom is 0.349 e. The number of benzene rings is 2. The van der Waals surface area contributed by atoms with Crippen molar-refractivity contribution in [1.29, 1.82) is 5.26 Å². The highest BCUT2D eigenvalue weighted by Crippen LogP contribution is 2.22. The number of ether oxygens (including phenoxy) is 2. The van der Waals surface area contributed by atoms with Gasteiger partial charge in [-0.3, -0.25) is 4.79 Å². The monoisotopic (exact) mass is 483 g/mol. The van der Waals surface area contributed by atoms with Gasteiger partial charge in [0.15, 0.2) is 6.61 Å². The summed E-state index contributed by atoms with van der Waals surface area (Å²) in [5, 5.41) is 11.8. The fourth-order valence-electron chi connectivity index (χ4n) is 3.37. The molecular weight excluding hydrogens is 458 g/mol. The first-order valence-corrected chi connectivity index (χ1v) is 12.1. The van der Waals surface area contributed by atoms with E-state index in [-0.39, 0.29) is 10.5 Å². The Hall–Kier alpha value is -3.68. The molecule has 1 fully saturated rings. The van der Waals surface area contributed by atoms with Crippen molar-refractivity contribution in [2.45, 2.75) is 24.2 Å². The van der Waals surface area contributed by atoms with Crippen molar-refractivity contribution >= 4 is 33.7 Å². The quantitative estimate of drug-likeness (QED) is 0.347. The average molecular weight is 484 g/mol. The summed E-state index contributed by atoms with van der Waals surface area (Å²) in [5.41, 5.74) is 0.691. The van der Waals surface area contributed by atoms with Gasteiger partial charge in [0.25, 0.3) is 5.91 Å². The zero-order valence-corrected chi connectivity index (χ0v) is 19.5. The molecule has 0 aliphatic carbocycles. The van der Waals surface area contributed by atoms with E-state index in [4.69, 9.17) is 9.47 Å². The van der Waals surface area contributed by atoms with Crippen LogP contribution in [0.15, 0.2) is 59.0 Å². The van der Waals surface area contributed by atoms with E-state index < -0.39 is 28.5 Å². The lowest BCUT2D eigenvalue weighted by Crippen LogP contribution is -2.35. The molecule has 178 valence electrons. The molecule has 2 aromatic carbocycles. The lowest BCUT2D eigenvalue weighted by molar-refractivity contribution is -0.142. The zero-order valence-electron chi connectivity index (χ0n) is 18.7. The van der Waals surface area contributed by atoms with Gasteiger partial charge < -0.3 is 14.8 Å². The molecule has 0 spiro atoms. The zero-order chi connectivity index (χ0) is 24.6. The number of nitriles is 1. The topological polar surface area (TPSA) is 126 Å². The first-order chi connectivity index (χ1) is 16.3. The van der Waals surface area contributed by atoms with E-state index in [9.17, 15) is 23.3 Å². The van der Waals surface area contributed by atoms with Crippen LogP contribution in [0.5, 0.6) is 5.75 Å². The Labute approximate surface area is 198 Å². The fourth-order valence-corrected chi connectivity index (χ4v) is 4.89. The molecule has 9 nitrogen and oxygen atoms in total. The summed E-state index contributed by atoms with van der Waals surface area (Å²) < 4.78 is 36.9. The van der Waals surface area contributed by atoms with E-state index in [0.29, 0.717) is 30.1 Å². The van der Waals surface area contributed by atoms with Crippen LogP contribution in [0.3, 0.4) is 0 Å². The van der Waals surface area contributed by atoms with Gasteiger partial charge in [-0.25, -0.2) is 13.2 Å². The molecule has 0 bridgehead atoms. The van der Waals surface area contributed by atoms with Crippen LogP contribution in [-0.4, -0.2) is 51.4 Å². The summed E-state index contributed by atoms with van der Waals surface area (Å²) in [5.74, 6) is -0.926. The van der Waals surface area contributed by atoms with Crippen molar-refractivity contribution in [3.63, 3.8) is 0 Å². The third-order valence-electron chi connectivity index (χ3n) is 5.19. The second-order valence-electron chi connectivity index (χ2n) is 7.56. The maximum absolute atomic E-state index is 12.7. The second-order valence-corrected chi connectivity index (χ2v) is 9.49. The third-order valence-corrected chi connectivity index (χ3v) is 7.11. The van der Waals surface area contributed by atoms with Crippen LogP contribution in [0.25, 0.3) is 6.08 Å². The standard InChI is InChI=1S/C24H25N3O6S/c1-32-21-9-5-18(6-10-21)15-19(16-25)24(29)33-17-23(28)26-20-7-11-22(12-8-20)34(30,31)27-13-3-2-4-14-27/h5-12,15H,2-4,13-14,17H2,1H3,(H,26,28)/b19-15+. The molecular formula is C24H25N3O6S. The normalized spacial score (nSPS) is 14.6. The Balaban J connectivity index is 1.55. The number of carbonyl (C=O) groups is 2. The van der Waals surface area contributed by atoms with Crippen LogP contribution in [0.4, 0.5) is 5.69 Å². The summed E-state index contributed by atoms with van der Waals surface area (Å²) in [6.45, 7) is 0.405. The summed E-state index contributed by atoms with van der Waals surface area (Å²) >= 11 is 0. The number of anilines is 1. The highest BCUT2D eigenvalue weighted by molar-refractivity contribution is 7.89. The number of carbonyl (C=O) groups excluding carboxylic acids is 2. The van der Waals surface area contributed by atoms with E-state index in [1.165, 1.54) is 41.8 Å². The van der Waals surface area contributed by atoms with Crippen molar-refractivity contribution in [2.75, 3.05) is 32.1 Å². The molecule has 1 amide bonds. The van der Waals surface area contributed by atoms with Crippen LogP contribution in [0, 0.1) is 11.3 Å². The Morgan fingerprint density at radius 1 is 1.06 bits per heavy atom. The first kappa shape index (κ1) is 25.0. The Morgan fingerprint density at radius 3 is 2.29 bits per heavy atom. The molecule has 34 heavy (non-hydrogen) atoms. The Bertz CT molecular complexity index is 1190. The average Bonchev–Trinajstić information content (AvgIpc) is 2.87. The van der Waals surface area contributed by atoms with Gasteiger partial charge in [0.1, 0.15) is 17.4 Å². The van der Waals surface area contributed by atoms with Crippen LogP contribution >= 0.6 is 0 Å². The molecule has 10 heteroatoms. The van der Waals surface area contributed by atoms with Gasteiger partial charge in [-0.2, -0.15) is 9.57 Å². The van der Waals surface area contributed by atoms with Crippen LogP contribution in [0.2, 0.25) is 0 Å². The van der Waals surface area contributed by atoms with Gasteiger partial charge in [-0.1, -0.05) is 18.6 Å². The number of hydrogen-bond donors (Lipinski definition) is 1. The molecule has 0 unspecified atom stereocenters. The smallest absolute Gasteiger partial charge is 0.349 e. The Morgan fingerprint density at radius 2 is 1.71 bits per heavy atom. The number of amides is 1. The molecule has 0 saturated carbocycles. The third kappa shape index (κ3) is 6.43. The molecule has 0 radical (unpaired) electrons. The second kappa shape index (κ2) is 11.4. The van der Waals surface area contributed by atoms with Crippen molar-refractivity contribution in [2.24, 2.45) is 0 Å². The fraction of sp³-hybridized carbons (Fsp3) is 0.292. The number of hydrogen-bond acceptors (Lipinski definition) is 7. The number of esters is 1. The van der Waals surface area contributed by atoms with Gasteiger partial charge in [0.05, 0.1) is 12.0 Å². The van der Waals surface area contributed by atoms with Crippen LogP contribution in [0.1, 0.15) is 24.8 Å². The van der Waals surface area contributed by atoms with Crippen molar-refractivity contribution < 1.29 is 27.5 Å². The highest BCUT2D eigenvalue weighted by Gasteiger charge is 2.25. The lowest BCUT2D eigenvalue weighted by atomic mass is 10.1. The maximum atomic E-state index is 12.7.